The van der Waals surface area contributed by atoms with E-state index in [9.17, 15) is 13.6 Å². The van der Waals surface area contributed by atoms with Gasteiger partial charge in [-0.2, -0.15) is 4.39 Å². The Bertz CT molecular complexity index is 970. The summed E-state index contributed by atoms with van der Waals surface area (Å²) in [7, 11) is 0. The molecule has 0 atom stereocenters. The number of fused-ring (bicyclic) bond motifs is 2. The Morgan fingerprint density at radius 2 is 2.13 bits per heavy atom. The van der Waals surface area contributed by atoms with Gasteiger partial charge >= 0.3 is 0 Å². The molecule has 2 N–H and O–H groups in total. The SMILES string of the molecule is O=C1NCCc2[nH]c(-c3ccnc4cc(F)c(F)nc34)c(I)c21. The minimum absolute atomic E-state index is 0.137. The van der Waals surface area contributed by atoms with E-state index < -0.39 is 11.8 Å². The molecule has 0 bridgehead atoms. The normalized spacial score (nSPS) is 14.0. The molecule has 1 aliphatic rings. The number of nitrogens with zero attached hydrogens (tertiary/aromatic N) is 2. The molecule has 3 aromatic rings. The highest BCUT2D eigenvalue weighted by Crippen LogP contribution is 2.34. The Balaban J connectivity index is 2.00. The Kier molecular flexibility index (Phi) is 3.29. The largest absolute Gasteiger partial charge is 0.357 e. The van der Waals surface area contributed by atoms with Gasteiger partial charge in [0.15, 0.2) is 5.82 Å². The highest BCUT2D eigenvalue weighted by molar-refractivity contribution is 14.1. The van der Waals surface area contributed by atoms with Crippen molar-refractivity contribution in [1.82, 2.24) is 20.3 Å². The molecule has 1 aliphatic heterocycles. The third-order valence-electron chi connectivity index (χ3n) is 3.80. The molecule has 116 valence electrons. The summed E-state index contributed by atoms with van der Waals surface area (Å²) in [5.74, 6) is -2.35. The first-order valence-corrected chi connectivity index (χ1v) is 7.94. The van der Waals surface area contributed by atoms with Crippen LogP contribution < -0.4 is 5.32 Å². The highest BCUT2D eigenvalue weighted by atomic mass is 127. The van der Waals surface area contributed by atoms with Crippen LogP contribution in [0.15, 0.2) is 18.3 Å². The van der Waals surface area contributed by atoms with Gasteiger partial charge in [-0.1, -0.05) is 0 Å². The number of hydrogen-bond acceptors (Lipinski definition) is 3. The van der Waals surface area contributed by atoms with E-state index in [1.807, 2.05) is 0 Å². The van der Waals surface area contributed by atoms with Gasteiger partial charge in [-0.3, -0.25) is 9.78 Å². The predicted octanol–water partition coefficient (Wildman–Crippen LogP) is 2.79. The summed E-state index contributed by atoms with van der Waals surface area (Å²) in [5.41, 5.74) is 3.19. The number of H-pyrrole nitrogens is 1. The topological polar surface area (TPSA) is 70.7 Å². The summed E-state index contributed by atoms with van der Waals surface area (Å²) in [6.45, 7) is 0.567. The maximum atomic E-state index is 13.5. The quantitative estimate of drug-likeness (QED) is 0.465. The minimum atomic E-state index is -1.17. The van der Waals surface area contributed by atoms with Gasteiger partial charge in [-0.05, 0) is 28.7 Å². The zero-order valence-corrected chi connectivity index (χ0v) is 13.7. The van der Waals surface area contributed by atoms with E-state index in [0.717, 1.165) is 15.3 Å². The molecular formula is C15H9F2IN4O. The second kappa shape index (κ2) is 5.22. The number of halogens is 3. The van der Waals surface area contributed by atoms with Crippen molar-refractivity contribution in [3.05, 3.63) is 44.9 Å². The number of aromatic amines is 1. The van der Waals surface area contributed by atoms with Crippen LogP contribution in [0.1, 0.15) is 16.1 Å². The smallest absolute Gasteiger partial charge is 0.254 e. The molecule has 8 heteroatoms. The van der Waals surface area contributed by atoms with Gasteiger partial charge in [0.05, 0.1) is 20.3 Å². The van der Waals surface area contributed by atoms with Gasteiger partial charge in [-0.15, -0.1) is 0 Å². The Morgan fingerprint density at radius 3 is 2.91 bits per heavy atom. The second-order valence-electron chi connectivity index (χ2n) is 5.16. The molecule has 0 aromatic carbocycles. The van der Waals surface area contributed by atoms with Crippen LogP contribution in [0.4, 0.5) is 8.78 Å². The monoisotopic (exact) mass is 426 g/mol. The number of aromatic nitrogens is 3. The summed E-state index contributed by atoms with van der Waals surface area (Å²) in [5, 5.41) is 2.80. The van der Waals surface area contributed by atoms with E-state index in [-0.39, 0.29) is 16.9 Å². The van der Waals surface area contributed by atoms with E-state index >= 15 is 0 Å². The van der Waals surface area contributed by atoms with Crippen molar-refractivity contribution in [2.45, 2.75) is 6.42 Å². The van der Waals surface area contributed by atoms with E-state index in [2.05, 4.69) is 42.9 Å². The van der Waals surface area contributed by atoms with Crippen molar-refractivity contribution >= 4 is 39.5 Å². The minimum Gasteiger partial charge on any atom is -0.357 e. The highest BCUT2D eigenvalue weighted by Gasteiger charge is 2.26. The average molecular weight is 426 g/mol. The summed E-state index contributed by atoms with van der Waals surface area (Å²) in [6, 6.07) is 2.69. The number of hydrogen-bond donors (Lipinski definition) is 2. The van der Waals surface area contributed by atoms with E-state index in [0.29, 0.717) is 29.8 Å². The van der Waals surface area contributed by atoms with Crippen LogP contribution in [0.5, 0.6) is 0 Å². The first kappa shape index (κ1) is 14.5. The second-order valence-corrected chi connectivity index (χ2v) is 6.24. The van der Waals surface area contributed by atoms with Crippen LogP contribution in [0, 0.1) is 15.3 Å². The van der Waals surface area contributed by atoms with Crippen LogP contribution >= 0.6 is 22.6 Å². The summed E-state index contributed by atoms with van der Waals surface area (Å²) in [6.07, 6.45) is 2.20. The van der Waals surface area contributed by atoms with Gasteiger partial charge in [0.25, 0.3) is 5.91 Å². The van der Waals surface area contributed by atoms with Crippen molar-refractivity contribution in [3.63, 3.8) is 0 Å². The van der Waals surface area contributed by atoms with E-state index in [4.69, 9.17) is 0 Å². The molecular weight excluding hydrogens is 417 g/mol. The van der Waals surface area contributed by atoms with Crippen molar-refractivity contribution in [3.8, 4) is 11.3 Å². The molecule has 0 spiro atoms. The molecule has 4 heterocycles. The molecule has 0 saturated carbocycles. The lowest BCUT2D eigenvalue weighted by molar-refractivity contribution is 0.0945. The number of rotatable bonds is 1. The maximum absolute atomic E-state index is 13.5. The third kappa shape index (κ3) is 2.19. The summed E-state index contributed by atoms with van der Waals surface area (Å²) in [4.78, 5) is 23.0. The number of carbonyl (C=O) groups excluding carboxylic acids is 1. The molecule has 0 fully saturated rings. The lowest BCUT2D eigenvalue weighted by atomic mass is 10.1. The van der Waals surface area contributed by atoms with Crippen molar-refractivity contribution in [2.75, 3.05) is 6.54 Å². The van der Waals surface area contributed by atoms with Crippen LogP contribution in [0.3, 0.4) is 0 Å². The molecule has 0 radical (unpaired) electrons. The molecule has 0 aliphatic carbocycles. The van der Waals surface area contributed by atoms with E-state index in [1.54, 1.807) is 6.07 Å². The molecule has 3 aromatic heterocycles. The summed E-state index contributed by atoms with van der Waals surface area (Å²) < 4.78 is 27.6. The Hall–Kier alpha value is -2.10. The standard InChI is InChI=1S/C15H9F2IN4O/c16-7-5-9-12(22-14(7)17)6(1-3-19-9)13-11(18)10-8(21-13)2-4-20-15(10)23/h1,3,5,21H,2,4H2,(H,20,23). The van der Waals surface area contributed by atoms with Crippen LogP contribution in [-0.4, -0.2) is 27.4 Å². The zero-order chi connectivity index (χ0) is 16.1. The van der Waals surface area contributed by atoms with Crippen LogP contribution in [0.25, 0.3) is 22.3 Å². The average Bonchev–Trinajstić information content (AvgIpc) is 2.86. The Morgan fingerprint density at radius 1 is 1.30 bits per heavy atom. The van der Waals surface area contributed by atoms with Crippen molar-refractivity contribution in [1.29, 1.82) is 0 Å². The number of nitrogens with one attached hydrogen (secondary N) is 2. The van der Waals surface area contributed by atoms with Crippen molar-refractivity contribution in [2.24, 2.45) is 0 Å². The van der Waals surface area contributed by atoms with Gasteiger partial charge in [0.2, 0.25) is 5.95 Å². The maximum Gasteiger partial charge on any atom is 0.254 e. The van der Waals surface area contributed by atoms with Gasteiger partial charge in [-0.25, -0.2) is 9.37 Å². The van der Waals surface area contributed by atoms with Crippen LogP contribution in [-0.2, 0) is 6.42 Å². The molecule has 23 heavy (non-hydrogen) atoms. The number of amides is 1. The molecule has 0 unspecified atom stereocenters. The van der Waals surface area contributed by atoms with E-state index in [1.165, 1.54) is 6.20 Å². The third-order valence-corrected chi connectivity index (χ3v) is 4.88. The first-order valence-electron chi connectivity index (χ1n) is 6.86. The predicted molar refractivity (Wildman–Crippen MR) is 88.0 cm³/mol. The fourth-order valence-corrected chi connectivity index (χ4v) is 3.75. The molecule has 5 nitrogen and oxygen atoms in total. The Labute approximate surface area is 142 Å². The van der Waals surface area contributed by atoms with Crippen molar-refractivity contribution < 1.29 is 13.6 Å². The zero-order valence-electron chi connectivity index (χ0n) is 11.6. The lowest BCUT2D eigenvalue weighted by Crippen LogP contribution is -2.31. The lowest BCUT2D eigenvalue weighted by Gasteiger charge is -2.11. The van der Waals surface area contributed by atoms with Crippen LogP contribution in [0.2, 0.25) is 0 Å². The fraction of sp³-hybridized carbons (Fsp3) is 0.133. The molecule has 4 rings (SSSR count). The van der Waals surface area contributed by atoms with Gasteiger partial charge in [0, 0.05) is 36.5 Å². The molecule has 0 saturated heterocycles. The van der Waals surface area contributed by atoms with Gasteiger partial charge in [0.1, 0.15) is 5.52 Å². The summed E-state index contributed by atoms with van der Waals surface area (Å²) >= 11 is 2.08. The number of pyridine rings is 2. The first-order chi connectivity index (χ1) is 11.1. The molecule has 1 amide bonds. The number of carbonyl (C=O) groups is 1. The van der Waals surface area contributed by atoms with Gasteiger partial charge < -0.3 is 10.3 Å². The fourth-order valence-electron chi connectivity index (χ4n) is 2.75.